The van der Waals surface area contributed by atoms with Crippen molar-refractivity contribution in [2.24, 2.45) is 11.8 Å². The molecule has 1 N–H and O–H groups in total. The first kappa shape index (κ1) is 15.9. The van der Waals surface area contributed by atoms with Gasteiger partial charge in [-0.05, 0) is 60.9 Å². The molecule has 0 radical (unpaired) electrons. The second-order valence-corrected chi connectivity index (χ2v) is 7.16. The zero-order valence-corrected chi connectivity index (χ0v) is 14.5. The number of rotatable bonds is 5. The molecular weight excluding hydrogens is 308 g/mol. The van der Waals surface area contributed by atoms with Crippen LogP contribution in [0.2, 0.25) is 0 Å². The van der Waals surface area contributed by atoms with E-state index in [1.807, 2.05) is 0 Å². The van der Waals surface area contributed by atoms with Gasteiger partial charge in [0, 0.05) is 11.7 Å². The van der Waals surface area contributed by atoms with E-state index in [0.717, 1.165) is 18.0 Å². The molecule has 1 aliphatic rings. The Kier molecular flexibility index (Phi) is 4.51. The molecule has 4 nitrogen and oxygen atoms in total. The zero-order chi connectivity index (χ0) is 17.1. The van der Waals surface area contributed by atoms with Crippen LogP contribution in [0.4, 0.5) is 5.69 Å². The number of hydrogen-bond donors (Lipinski definition) is 1. The van der Waals surface area contributed by atoms with Gasteiger partial charge in [-0.3, -0.25) is 0 Å². The predicted octanol–water partition coefficient (Wildman–Crippen LogP) is 4.34. The molecule has 0 saturated heterocycles. The van der Waals surface area contributed by atoms with E-state index >= 15 is 0 Å². The zero-order valence-electron chi connectivity index (χ0n) is 14.5. The average molecular weight is 332 g/mol. The number of benzene rings is 2. The molecule has 1 aliphatic carbocycles. The molecular formula is C21H24N4. The van der Waals surface area contributed by atoms with Crippen molar-refractivity contribution in [2.75, 3.05) is 5.32 Å². The number of nitrogens with zero attached hydrogens (tertiary/aromatic N) is 3. The van der Waals surface area contributed by atoms with Crippen molar-refractivity contribution in [2.45, 2.75) is 32.2 Å². The summed E-state index contributed by atoms with van der Waals surface area (Å²) in [6.45, 7) is 2.37. The third kappa shape index (κ3) is 3.73. The maximum Gasteiger partial charge on any atom is 0.138 e. The summed E-state index contributed by atoms with van der Waals surface area (Å²) in [4.78, 5) is 4.01. The van der Waals surface area contributed by atoms with Crippen molar-refractivity contribution in [3.63, 3.8) is 0 Å². The highest BCUT2D eigenvalue weighted by Crippen LogP contribution is 2.35. The van der Waals surface area contributed by atoms with Gasteiger partial charge in [-0.15, -0.1) is 0 Å². The van der Waals surface area contributed by atoms with Crippen LogP contribution in [0, 0.1) is 11.8 Å². The molecule has 2 aromatic carbocycles. The summed E-state index contributed by atoms with van der Waals surface area (Å²) >= 11 is 0. The molecule has 0 bridgehead atoms. The highest BCUT2D eigenvalue weighted by Gasteiger charge is 2.31. The van der Waals surface area contributed by atoms with Gasteiger partial charge in [0.15, 0.2) is 0 Å². The standard InChI is InChI=1S/C21H24N4/c1-16-11-18(21(12-16)24-19-5-3-2-4-6-19)13-17-7-9-20(10-8-17)25-15-22-14-23-25/h2-10,14-16,18,21,24H,11-13H2,1H3. The Balaban J connectivity index is 1.45. The summed E-state index contributed by atoms with van der Waals surface area (Å²) in [6.07, 6.45) is 6.94. The van der Waals surface area contributed by atoms with Crippen LogP contribution in [0.5, 0.6) is 0 Å². The molecule has 25 heavy (non-hydrogen) atoms. The normalized spacial score (nSPS) is 22.8. The fourth-order valence-corrected chi connectivity index (χ4v) is 3.98. The van der Waals surface area contributed by atoms with Crippen molar-refractivity contribution in [1.82, 2.24) is 14.8 Å². The molecule has 1 fully saturated rings. The van der Waals surface area contributed by atoms with Gasteiger partial charge in [-0.1, -0.05) is 37.3 Å². The van der Waals surface area contributed by atoms with Gasteiger partial charge in [-0.25, -0.2) is 9.67 Å². The summed E-state index contributed by atoms with van der Waals surface area (Å²) in [5, 5.41) is 7.94. The molecule has 3 atom stereocenters. The summed E-state index contributed by atoms with van der Waals surface area (Å²) in [5.41, 5.74) is 3.68. The molecule has 0 spiro atoms. The first-order valence-electron chi connectivity index (χ1n) is 9.03. The van der Waals surface area contributed by atoms with Gasteiger partial charge in [0.25, 0.3) is 0 Å². The van der Waals surface area contributed by atoms with E-state index in [1.54, 1.807) is 17.3 Å². The minimum Gasteiger partial charge on any atom is -0.382 e. The minimum atomic E-state index is 0.549. The molecule has 1 heterocycles. The molecule has 0 amide bonds. The largest absolute Gasteiger partial charge is 0.382 e. The van der Waals surface area contributed by atoms with Gasteiger partial charge in [0.05, 0.1) is 5.69 Å². The molecule has 4 rings (SSSR count). The Labute approximate surface area is 148 Å². The fraction of sp³-hybridized carbons (Fsp3) is 0.333. The van der Waals surface area contributed by atoms with Crippen LogP contribution < -0.4 is 5.32 Å². The topological polar surface area (TPSA) is 42.7 Å². The Morgan fingerprint density at radius 2 is 1.84 bits per heavy atom. The van der Waals surface area contributed by atoms with Crippen LogP contribution in [0.25, 0.3) is 5.69 Å². The van der Waals surface area contributed by atoms with Gasteiger partial charge >= 0.3 is 0 Å². The molecule has 1 saturated carbocycles. The first-order chi connectivity index (χ1) is 12.3. The van der Waals surface area contributed by atoms with Crippen molar-refractivity contribution < 1.29 is 0 Å². The van der Waals surface area contributed by atoms with E-state index < -0.39 is 0 Å². The van der Waals surface area contributed by atoms with Gasteiger partial charge in [-0.2, -0.15) is 5.10 Å². The van der Waals surface area contributed by atoms with Gasteiger partial charge in [0.2, 0.25) is 0 Å². The molecule has 0 aliphatic heterocycles. The molecule has 3 unspecified atom stereocenters. The van der Waals surface area contributed by atoms with Crippen LogP contribution >= 0.6 is 0 Å². The minimum absolute atomic E-state index is 0.549. The van der Waals surface area contributed by atoms with Gasteiger partial charge < -0.3 is 5.32 Å². The molecule has 128 valence electrons. The van der Waals surface area contributed by atoms with Crippen molar-refractivity contribution in [3.05, 3.63) is 72.8 Å². The number of nitrogens with one attached hydrogen (secondary N) is 1. The average Bonchev–Trinajstić information content (AvgIpc) is 3.27. The fourth-order valence-electron chi connectivity index (χ4n) is 3.98. The van der Waals surface area contributed by atoms with Gasteiger partial charge in [0.1, 0.15) is 12.7 Å². The maximum atomic E-state index is 4.18. The van der Waals surface area contributed by atoms with Crippen molar-refractivity contribution >= 4 is 5.69 Å². The van der Waals surface area contributed by atoms with Crippen LogP contribution in [-0.4, -0.2) is 20.8 Å². The number of anilines is 1. The second-order valence-electron chi connectivity index (χ2n) is 7.16. The third-order valence-corrected chi connectivity index (χ3v) is 5.17. The lowest BCUT2D eigenvalue weighted by molar-refractivity contribution is 0.490. The van der Waals surface area contributed by atoms with Crippen molar-refractivity contribution in [3.8, 4) is 5.69 Å². The highest BCUT2D eigenvalue weighted by atomic mass is 15.3. The van der Waals surface area contributed by atoms with Crippen LogP contribution in [0.1, 0.15) is 25.3 Å². The second kappa shape index (κ2) is 7.09. The Hall–Kier alpha value is -2.62. The van der Waals surface area contributed by atoms with E-state index in [4.69, 9.17) is 0 Å². The van der Waals surface area contributed by atoms with E-state index in [-0.39, 0.29) is 0 Å². The Morgan fingerprint density at radius 1 is 1.04 bits per heavy atom. The summed E-state index contributed by atoms with van der Waals surface area (Å²) in [6, 6.07) is 19.8. The Morgan fingerprint density at radius 3 is 2.56 bits per heavy atom. The quantitative estimate of drug-likeness (QED) is 0.756. The van der Waals surface area contributed by atoms with Crippen LogP contribution in [0.15, 0.2) is 67.3 Å². The third-order valence-electron chi connectivity index (χ3n) is 5.17. The Bertz CT molecular complexity index is 781. The van der Waals surface area contributed by atoms with E-state index in [0.29, 0.717) is 12.0 Å². The number of hydrogen-bond acceptors (Lipinski definition) is 3. The van der Waals surface area contributed by atoms with E-state index in [1.165, 1.54) is 24.1 Å². The highest BCUT2D eigenvalue weighted by molar-refractivity contribution is 5.44. The summed E-state index contributed by atoms with van der Waals surface area (Å²) in [5.74, 6) is 1.45. The van der Waals surface area contributed by atoms with Crippen LogP contribution in [0.3, 0.4) is 0 Å². The smallest absolute Gasteiger partial charge is 0.138 e. The van der Waals surface area contributed by atoms with Crippen molar-refractivity contribution in [1.29, 1.82) is 0 Å². The lowest BCUT2D eigenvalue weighted by Crippen LogP contribution is -2.25. The molecule has 1 aromatic heterocycles. The number of aromatic nitrogens is 3. The summed E-state index contributed by atoms with van der Waals surface area (Å²) in [7, 11) is 0. The van der Waals surface area contributed by atoms with E-state index in [2.05, 4.69) is 76.9 Å². The predicted molar refractivity (Wildman–Crippen MR) is 101 cm³/mol. The SMILES string of the molecule is CC1CC(Cc2ccc(-n3cncn3)cc2)C(Nc2ccccc2)C1. The monoisotopic (exact) mass is 332 g/mol. The number of para-hydroxylation sites is 1. The van der Waals surface area contributed by atoms with Crippen LogP contribution in [-0.2, 0) is 6.42 Å². The molecule has 3 aromatic rings. The van der Waals surface area contributed by atoms with E-state index in [9.17, 15) is 0 Å². The lowest BCUT2D eigenvalue weighted by Gasteiger charge is -2.22. The lowest BCUT2D eigenvalue weighted by atomic mass is 9.94. The molecule has 4 heteroatoms. The first-order valence-corrected chi connectivity index (χ1v) is 9.03. The maximum absolute atomic E-state index is 4.18. The summed E-state index contributed by atoms with van der Waals surface area (Å²) < 4.78 is 1.79.